The number of hydrogen-bond acceptors (Lipinski definition) is 6. The Morgan fingerprint density at radius 1 is 1.55 bits per heavy atom. The molecule has 1 N–H and O–H groups in total. The van der Waals surface area contributed by atoms with E-state index < -0.39 is 16.0 Å². The highest BCUT2D eigenvalue weighted by atomic mass is 35.5. The molecule has 1 atom stereocenters. The van der Waals surface area contributed by atoms with Crippen molar-refractivity contribution in [2.45, 2.75) is 30.9 Å². The summed E-state index contributed by atoms with van der Waals surface area (Å²) < 4.78 is 36.6. The first kappa shape index (κ1) is 19.0. The predicted octanol–water partition coefficient (Wildman–Crippen LogP) is 1.17. The number of methoxy groups -OCH3 is 1. The van der Waals surface area contributed by atoms with Crippen LogP contribution in [0.2, 0.25) is 0 Å². The molecule has 1 fully saturated rings. The van der Waals surface area contributed by atoms with Gasteiger partial charge in [-0.15, -0.1) is 12.4 Å². The smallest absolute Gasteiger partial charge is 0.341 e. The summed E-state index contributed by atoms with van der Waals surface area (Å²) in [7, 11) is -0.705. The molecule has 0 radical (unpaired) electrons. The van der Waals surface area contributed by atoms with Crippen LogP contribution in [-0.4, -0.2) is 52.0 Å². The molecule has 0 aliphatic carbocycles. The van der Waals surface area contributed by atoms with E-state index in [0.717, 1.165) is 12.8 Å². The minimum absolute atomic E-state index is 0. The SMILES string of the molecule is CNCC1CCCN1S(=O)(=O)c1cc(C(=O)OC)c(C)o1.Cl. The molecule has 0 saturated carbocycles. The molecular formula is C13H21ClN2O5S. The highest BCUT2D eigenvalue weighted by molar-refractivity contribution is 7.89. The first-order chi connectivity index (χ1) is 9.91. The van der Waals surface area contributed by atoms with Crippen molar-refractivity contribution < 1.29 is 22.4 Å². The number of likely N-dealkylation sites (N-methyl/N-ethyl adjacent to an activating group) is 1. The molecule has 1 saturated heterocycles. The number of nitrogens with zero attached hydrogens (tertiary/aromatic N) is 1. The van der Waals surface area contributed by atoms with Crippen LogP contribution in [0.15, 0.2) is 15.6 Å². The van der Waals surface area contributed by atoms with E-state index >= 15 is 0 Å². The van der Waals surface area contributed by atoms with Gasteiger partial charge in [0.1, 0.15) is 11.3 Å². The topological polar surface area (TPSA) is 88.9 Å². The zero-order valence-electron chi connectivity index (χ0n) is 12.8. The third-order valence-electron chi connectivity index (χ3n) is 3.63. The van der Waals surface area contributed by atoms with E-state index in [2.05, 4.69) is 10.1 Å². The van der Waals surface area contributed by atoms with Crippen LogP contribution in [0.1, 0.15) is 29.0 Å². The monoisotopic (exact) mass is 352 g/mol. The summed E-state index contributed by atoms with van der Waals surface area (Å²) in [4.78, 5) is 11.6. The first-order valence-electron chi connectivity index (χ1n) is 6.77. The second kappa shape index (κ2) is 7.45. The molecule has 1 unspecified atom stereocenters. The summed E-state index contributed by atoms with van der Waals surface area (Å²) in [6.07, 6.45) is 1.62. The van der Waals surface area contributed by atoms with Crippen molar-refractivity contribution in [3.63, 3.8) is 0 Å². The summed E-state index contributed by atoms with van der Waals surface area (Å²) in [5.74, 6) is -0.365. The predicted molar refractivity (Wildman–Crippen MR) is 82.9 cm³/mol. The number of sulfonamides is 1. The molecule has 0 spiro atoms. The number of ether oxygens (including phenoxy) is 1. The maximum absolute atomic E-state index is 12.6. The Kier molecular flexibility index (Phi) is 6.42. The zero-order chi connectivity index (χ0) is 15.6. The van der Waals surface area contributed by atoms with Gasteiger partial charge in [-0.25, -0.2) is 13.2 Å². The summed E-state index contributed by atoms with van der Waals surface area (Å²) in [5, 5.41) is 2.79. The normalized spacial score (nSPS) is 19.0. The molecular weight excluding hydrogens is 332 g/mol. The van der Waals surface area contributed by atoms with Gasteiger partial charge in [0.05, 0.1) is 7.11 Å². The quantitative estimate of drug-likeness (QED) is 0.800. The molecule has 22 heavy (non-hydrogen) atoms. The highest BCUT2D eigenvalue weighted by Gasteiger charge is 2.37. The molecule has 0 amide bonds. The molecule has 126 valence electrons. The van der Waals surface area contributed by atoms with Gasteiger partial charge in [-0.1, -0.05) is 0 Å². The van der Waals surface area contributed by atoms with Gasteiger partial charge in [-0.2, -0.15) is 4.31 Å². The number of rotatable bonds is 5. The van der Waals surface area contributed by atoms with Crippen molar-refractivity contribution in [1.29, 1.82) is 0 Å². The van der Waals surface area contributed by atoms with Gasteiger partial charge in [-0.05, 0) is 26.8 Å². The van der Waals surface area contributed by atoms with Crippen molar-refractivity contribution in [1.82, 2.24) is 9.62 Å². The maximum Gasteiger partial charge on any atom is 0.341 e. The Morgan fingerprint density at radius 2 is 2.23 bits per heavy atom. The van der Waals surface area contributed by atoms with Gasteiger partial charge in [0, 0.05) is 25.2 Å². The van der Waals surface area contributed by atoms with Gasteiger partial charge in [-0.3, -0.25) is 0 Å². The maximum atomic E-state index is 12.6. The third-order valence-corrected chi connectivity index (χ3v) is 5.43. The number of nitrogens with one attached hydrogen (secondary N) is 1. The lowest BCUT2D eigenvalue weighted by Crippen LogP contribution is -2.40. The first-order valence-corrected chi connectivity index (χ1v) is 8.21. The van der Waals surface area contributed by atoms with E-state index in [9.17, 15) is 13.2 Å². The van der Waals surface area contributed by atoms with E-state index in [0.29, 0.717) is 13.1 Å². The van der Waals surface area contributed by atoms with Crippen molar-refractivity contribution in [2.75, 3.05) is 27.2 Å². The van der Waals surface area contributed by atoms with E-state index in [1.807, 2.05) is 0 Å². The number of halogens is 1. The average Bonchev–Trinajstić information content (AvgIpc) is 3.05. The summed E-state index contributed by atoms with van der Waals surface area (Å²) >= 11 is 0. The van der Waals surface area contributed by atoms with Crippen molar-refractivity contribution in [3.8, 4) is 0 Å². The van der Waals surface area contributed by atoms with E-state index in [-0.39, 0.29) is 34.9 Å². The molecule has 0 aromatic carbocycles. The Labute approximate surface area is 136 Å². The number of aryl methyl sites for hydroxylation is 1. The van der Waals surface area contributed by atoms with Crippen molar-refractivity contribution in [3.05, 3.63) is 17.4 Å². The average molecular weight is 353 g/mol. The van der Waals surface area contributed by atoms with Gasteiger partial charge in [0.2, 0.25) is 5.09 Å². The number of furan rings is 1. The number of carbonyl (C=O) groups excluding carboxylic acids is 1. The fourth-order valence-corrected chi connectivity index (χ4v) is 4.25. The standard InChI is InChI=1S/C13H20N2O5S.ClH/c1-9-11(13(16)19-3)7-12(20-9)21(17,18)15-6-4-5-10(15)8-14-2;/h7,10,14H,4-6,8H2,1-3H3;1H. The lowest BCUT2D eigenvalue weighted by molar-refractivity contribution is 0.0599. The van der Waals surface area contributed by atoms with E-state index in [1.54, 1.807) is 14.0 Å². The minimum atomic E-state index is -3.73. The second-order valence-electron chi connectivity index (χ2n) is 5.00. The number of carbonyl (C=O) groups is 1. The summed E-state index contributed by atoms with van der Waals surface area (Å²) in [6, 6.07) is 1.15. The molecule has 2 heterocycles. The van der Waals surface area contributed by atoms with Gasteiger partial charge in [0.15, 0.2) is 0 Å². The lowest BCUT2D eigenvalue weighted by atomic mass is 10.2. The van der Waals surface area contributed by atoms with Crippen LogP contribution >= 0.6 is 12.4 Å². The molecule has 1 aliphatic heterocycles. The second-order valence-corrected chi connectivity index (χ2v) is 6.82. The minimum Gasteiger partial charge on any atom is -0.465 e. The van der Waals surface area contributed by atoms with Gasteiger partial charge < -0.3 is 14.5 Å². The highest BCUT2D eigenvalue weighted by Crippen LogP contribution is 2.28. The molecule has 1 aromatic heterocycles. The summed E-state index contributed by atoms with van der Waals surface area (Å²) in [5.41, 5.74) is 0.139. The third kappa shape index (κ3) is 3.45. The van der Waals surface area contributed by atoms with Gasteiger partial charge >= 0.3 is 5.97 Å². The Hall–Kier alpha value is -1.09. The van der Waals surface area contributed by atoms with Crippen LogP contribution in [0.4, 0.5) is 0 Å². The molecule has 1 aromatic rings. The van der Waals surface area contributed by atoms with E-state index in [4.69, 9.17) is 4.42 Å². The van der Waals surface area contributed by atoms with Crippen LogP contribution in [0.5, 0.6) is 0 Å². The molecule has 9 heteroatoms. The number of hydrogen-bond donors (Lipinski definition) is 1. The molecule has 2 rings (SSSR count). The van der Waals surface area contributed by atoms with Crippen LogP contribution < -0.4 is 5.32 Å². The fourth-order valence-electron chi connectivity index (χ4n) is 2.58. The Morgan fingerprint density at radius 3 is 2.82 bits per heavy atom. The summed E-state index contributed by atoms with van der Waals surface area (Å²) in [6.45, 7) is 2.59. The van der Waals surface area contributed by atoms with Gasteiger partial charge in [0.25, 0.3) is 10.0 Å². The zero-order valence-corrected chi connectivity index (χ0v) is 14.4. The Balaban J connectivity index is 0.00000242. The molecule has 1 aliphatic rings. The van der Waals surface area contributed by atoms with Crippen LogP contribution in [0.3, 0.4) is 0 Å². The van der Waals surface area contributed by atoms with Crippen LogP contribution in [-0.2, 0) is 14.8 Å². The Bertz CT molecular complexity index is 628. The van der Waals surface area contributed by atoms with Crippen molar-refractivity contribution in [2.24, 2.45) is 0 Å². The van der Waals surface area contributed by atoms with Crippen molar-refractivity contribution >= 4 is 28.4 Å². The largest absolute Gasteiger partial charge is 0.465 e. The number of esters is 1. The van der Waals surface area contributed by atoms with E-state index in [1.165, 1.54) is 17.5 Å². The van der Waals surface area contributed by atoms with Crippen LogP contribution in [0.25, 0.3) is 0 Å². The molecule has 0 bridgehead atoms. The molecule has 7 nitrogen and oxygen atoms in total. The fraction of sp³-hybridized carbons (Fsp3) is 0.615. The lowest BCUT2D eigenvalue weighted by Gasteiger charge is -2.22. The van der Waals surface area contributed by atoms with Crippen LogP contribution in [0, 0.1) is 6.92 Å².